The molecular formula is C11H11N5OS. The highest BCUT2D eigenvalue weighted by Crippen LogP contribution is 2.26. The topological polar surface area (TPSA) is 82.8 Å². The van der Waals surface area contributed by atoms with E-state index in [0.29, 0.717) is 18.0 Å². The number of hydrogen-bond donors (Lipinski definition) is 1. The Morgan fingerprint density at radius 3 is 3.00 bits per heavy atom. The largest absolute Gasteiger partial charge is 0.463 e. The summed E-state index contributed by atoms with van der Waals surface area (Å²) < 4.78 is 7.08. The summed E-state index contributed by atoms with van der Waals surface area (Å²) in [5.41, 5.74) is 8.08. The van der Waals surface area contributed by atoms with Crippen LogP contribution in [0.1, 0.15) is 11.4 Å². The number of aromatic nitrogens is 4. The summed E-state index contributed by atoms with van der Waals surface area (Å²) in [4.78, 5) is 4.40. The molecule has 0 radical (unpaired) electrons. The Morgan fingerprint density at radius 2 is 2.39 bits per heavy atom. The molecule has 0 fully saturated rings. The zero-order valence-corrected chi connectivity index (χ0v) is 10.5. The molecule has 0 amide bonds. The maximum Gasteiger partial charge on any atom is 0.212 e. The molecule has 18 heavy (non-hydrogen) atoms. The molecule has 0 atom stereocenters. The van der Waals surface area contributed by atoms with E-state index in [0.717, 1.165) is 16.5 Å². The maximum atomic E-state index is 5.68. The van der Waals surface area contributed by atoms with Gasteiger partial charge >= 0.3 is 0 Å². The standard InChI is InChI=1S/C11H11N5OS/c1-7-6-18-11(13-7)16-10(8(5-12)14-15-16)9-3-2-4-17-9/h2-4,6H,5,12H2,1H3. The fraction of sp³-hybridized carbons (Fsp3) is 0.182. The lowest BCUT2D eigenvalue weighted by Gasteiger charge is -2.01. The summed E-state index contributed by atoms with van der Waals surface area (Å²) in [5.74, 6) is 0.688. The molecule has 0 bridgehead atoms. The Balaban J connectivity index is 2.19. The van der Waals surface area contributed by atoms with E-state index in [1.54, 1.807) is 10.9 Å². The Kier molecular flexibility index (Phi) is 2.69. The molecule has 92 valence electrons. The lowest BCUT2D eigenvalue weighted by Crippen LogP contribution is -2.01. The van der Waals surface area contributed by atoms with Crippen LogP contribution in [0.15, 0.2) is 28.2 Å². The molecular weight excluding hydrogens is 250 g/mol. The molecule has 2 N–H and O–H groups in total. The van der Waals surface area contributed by atoms with Gasteiger partial charge in [0.15, 0.2) is 5.76 Å². The number of hydrogen-bond acceptors (Lipinski definition) is 6. The van der Waals surface area contributed by atoms with Crippen LogP contribution >= 0.6 is 11.3 Å². The van der Waals surface area contributed by atoms with Crippen LogP contribution in [-0.4, -0.2) is 20.0 Å². The summed E-state index contributed by atoms with van der Waals surface area (Å²) in [6, 6.07) is 3.68. The highest BCUT2D eigenvalue weighted by molar-refractivity contribution is 7.12. The molecule has 0 aromatic carbocycles. The van der Waals surface area contributed by atoms with Crippen LogP contribution in [0.2, 0.25) is 0 Å². The van der Waals surface area contributed by atoms with Gasteiger partial charge in [0, 0.05) is 11.9 Å². The minimum atomic E-state index is 0.306. The highest BCUT2D eigenvalue weighted by Gasteiger charge is 2.19. The molecule has 0 saturated heterocycles. The molecule has 0 unspecified atom stereocenters. The molecule has 3 aromatic heterocycles. The van der Waals surface area contributed by atoms with Gasteiger partial charge in [0.25, 0.3) is 0 Å². The minimum absolute atomic E-state index is 0.306. The summed E-state index contributed by atoms with van der Waals surface area (Å²) in [5, 5.41) is 10.9. The highest BCUT2D eigenvalue weighted by atomic mass is 32.1. The van der Waals surface area contributed by atoms with Crippen LogP contribution in [0.25, 0.3) is 16.6 Å². The first-order valence-electron chi connectivity index (χ1n) is 5.40. The number of aryl methyl sites for hydroxylation is 1. The average molecular weight is 261 g/mol. The second-order valence-electron chi connectivity index (χ2n) is 3.75. The number of nitrogens with zero attached hydrogens (tertiary/aromatic N) is 4. The Labute approximate surface area is 107 Å². The molecule has 0 spiro atoms. The van der Waals surface area contributed by atoms with Crippen molar-refractivity contribution < 1.29 is 4.42 Å². The molecule has 0 aliphatic heterocycles. The summed E-state index contributed by atoms with van der Waals surface area (Å²) >= 11 is 1.50. The van der Waals surface area contributed by atoms with Crippen LogP contribution < -0.4 is 5.73 Å². The molecule has 3 heterocycles. The molecule has 0 aliphatic rings. The predicted molar refractivity (Wildman–Crippen MR) is 67.4 cm³/mol. The first-order chi connectivity index (χ1) is 8.79. The Morgan fingerprint density at radius 1 is 1.50 bits per heavy atom. The van der Waals surface area contributed by atoms with E-state index < -0.39 is 0 Å². The summed E-state index contributed by atoms with van der Waals surface area (Å²) in [6.45, 7) is 2.24. The average Bonchev–Trinajstić information content (AvgIpc) is 3.07. The van der Waals surface area contributed by atoms with Gasteiger partial charge in [-0.25, -0.2) is 4.98 Å². The molecule has 7 heteroatoms. The normalized spacial score (nSPS) is 11.0. The van der Waals surface area contributed by atoms with E-state index in [9.17, 15) is 0 Å². The second-order valence-corrected chi connectivity index (χ2v) is 4.59. The monoisotopic (exact) mass is 261 g/mol. The van der Waals surface area contributed by atoms with E-state index in [-0.39, 0.29) is 0 Å². The zero-order chi connectivity index (χ0) is 12.5. The van der Waals surface area contributed by atoms with Crippen molar-refractivity contribution in [2.24, 2.45) is 5.73 Å². The molecule has 0 saturated carbocycles. The smallest absolute Gasteiger partial charge is 0.212 e. The van der Waals surface area contributed by atoms with Crippen LogP contribution in [0, 0.1) is 6.92 Å². The number of furan rings is 1. The van der Waals surface area contributed by atoms with Crippen molar-refractivity contribution in [2.45, 2.75) is 13.5 Å². The van der Waals surface area contributed by atoms with Crippen LogP contribution in [-0.2, 0) is 6.54 Å². The molecule has 3 rings (SSSR count). The zero-order valence-electron chi connectivity index (χ0n) is 9.70. The second kappa shape index (κ2) is 4.35. The van der Waals surface area contributed by atoms with Crippen LogP contribution in [0.4, 0.5) is 0 Å². The van der Waals surface area contributed by atoms with E-state index in [1.165, 1.54) is 11.3 Å². The Bertz CT molecular complexity index is 655. The van der Waals surface area contributed by atoms with Crippen molar-refractivity contribution in [3.63, 3.8) is 0 Å². The maximum absolute atomic E-state index is 5.68. The number of thiazole rings is 1. The van der Waals surface area contributed by atoms with Gasteiger partial charge in [0.2, 0.25) is 5.13 Å². The van der Waals surface area contributed by atoms with Gasteiger partial charge in [-0.15, -0.1) is 16.4 Å². The van der Waals surface area contributed by atoms with Gasteiger partial charge in [0.1, 0.15) is 11.4 Å². The van der Waals surface area contributed by atoms with Gasteiger partial charge in [-0.2, -0.15) is 4.68 Å². The number of nitrogens with two attached hydrogens (primary N) is 1. The fourth-order valence-corrected chi connectivity index (χ4v) is 2.44. The number of rotatable bonds is 3. The van der Waals surface area contributed by atoms with Crippen molar-refractivity contribution in [3.8, 4) is 16.6 Å². The van der Waals surface area contributed by atoms with Crippen molar-refractivity contribution in [1.82, 2.24) is 20.0 Å². The van der Waals surface area contributed by atoms with Gasteiger partial charge in [-0.05, 0) is 19.1 Å². The van der Waals surface area contributed by atoms with Gasteiger partial charge in [-0.3, -0.25) is 0 Å². The van der Waals surface area contributed by atoms with Gasteiger partial charge in [-0.1, -0.05) is 5.21 Å². The molecule has 0 aliphatic carbocycles. The van der Waals surface area contributed by atoms with Crippen LogP contribution in [0.5, 0.6) is 0 Å². The van der Waals surface area contributed by atoms with Crippen molar-refractivity contribution in [3.05, 3.63) is 35.2 Å². The third kappa shape index (κ3) is 1.73. The third-order valence-electron chi connectivity index (χ3n) is 2.48. The van der Waals surface area contributed by atoms with Crippen LogP contribution in [0.3, 0.4) is 0 Å². The predicted octanol–water partition coefficient (Wildman–Crippen LogP) is 1.75. The van der Waals surface area contributed by atoms with E-state index in [4.69, 9.17) is 10.2 Å². The van der Waals surface area contributed by atoms with Crippen molar-refractivity contribution in [1.29, 1.82) is 0 Å². The summed E-state index contributed by atoms with van der Waals surface area (Å²) in [7, 11) is 0. The first-order valence-corrected chi connectivity index (χ1v) is 6.28. The van der Waals surface area contributed by atoms with Gasteiger partial charge < -0.3 is 10.2 Å². The minimum Gasteiger partial charge on any atom is -0.463 e. The fourth-order valence-electron chi connectivity index (χ4n) is 1.68. The lowest BCUT2D eigenvalue weighted by atomic mass is 10.2. The first kappa shape index (κ1) is 11.1. The van der Waals surface area contributed by atoms with Crippen molar-refractivity contribution in [2.75, 3.05) is 0 Å². The quantitative estimate of drug-likeness (QED) is 0.776. The third-order valence-corrected chi connectivity index (χ3v) is 3.41. The SMILES string of the molecule is Cc1csc(-n2nnc(CN)c2-c2ccco2)n1. The van der Waals surface area contributed by atoms with Gasteiger partial charge in [0.05, 0.1) is 12.0 Å². The molecule has 6 nitrogen and oxygen atoms in total. The molecule has 3 aromatic rings. The lowest BCUT2D eigenvalue weighted by molar-refractivity contribution is 0.576. The van der Waals surface area contributed by atoms with E-state index in [1.807, 2.05) is 24.4 Å². The summed E-state index contributed by atoms with van der Waals surface area (Å²) in [6.07, 6.45) is 1.61. The van der Waals surface area contributed by atoms with E-state index >= 15 is 0 Å². The van der Waals surface area contributed by atoms with E-state index in [2.05, 4.69) is 15.3 Å². The Hall–Kier alpha value is -1.99. The van der Waals surface area contributed by atoms with Crippen molar-refractivity contribution >= 4 is 11.3 Å².